The number of hydrogen-bond acceptors (Lipinski definition) is 6. The van der Waals surface area contributed by atoms with E-state index >= 15 is 0 Å². The zero-order valence-corrected chi connectivity index (χ0v) is 12.8. The largest absolute Gasteiger partial charge is 0.382 e. The highest BCUT2D eigenvalue weighted by atomic mass is 32.1. The van der Waals surface area contributed by atoms with Gasteiger partial charge in [-0.1, -0.05) is 25.2 Å². The number of carbonyl (C=O) groups is 1. The fourth-order valence-electron chi connectivity index (χ4n) is 1.81. The van der Waals surface area contributed by atoms with Gasteiger partial charge in [-0.05, 0) is 20.0 Å². The SMILES string of the molecule is CCN(CC)CC(C)NC(=O)c1sc(NC)nc1N. The summed E-state index contributed by atoms with van der Waals surface area (Å²) < 4.78 is 0. The lowest BCUT2D eigenvalue weighted by molar-refractivity contribution is 0.0935. The van der Waals surface area contributed by atoms with Gasteiger partial charge in [0.1, 0.15) is 10.7 Å². The van der Waals surface area contributed by atoms with Crippen molar-refractivity contribution in [2.24, 2.45) is 0 Å². The lowest BCUT2D eigenvalue weighted by Gasteiger charge is -2.23. The highest BCUT2D eigenvalue weighted by molar-refractivity contribution is 7.18. The molecule has 108 valence electrons. The monoisotopic (exact) mass is 285 g/mol. The van der Waals surface area contributed by atoms with Crippen LogP contribution in [0.5, 0.6) is 0 Å². The predicted octanol–water partition coefficient (Wildman–Crippen LogP) is 1.23. The van der Waals surface area contributed by atoms with Gasteiger partial charge in [-0.25, -0.2) is 4.98 Å². The second-order valence-corrected chi connectivity index (χ2v) is 5.34. The molecule has 1 aromatic rings. The minimum Gasteiger partial charge on any atom is -0.382 e. The van der Waals surface area contributed by atoms with Crippen molar-refractivity contribution in [3.63, 3.8) is 0 Å². The van der Waals surface area contributed by atoms with Crippen LogP contribution >= 0.6 is 11.3 Å². The molecule has 7 heteroatoms. The van der Waals surface area contributed by atoms with E-state index in [0.29, 0.717) is 10.0 Å². The molecule has 19 heavy (non-hydrogen) atoms. The minimum atomic E-state index is -0.156. The van der Waals surface area contributed by atoms with Gasteiger partial charge in [-0.3, -0.25) is 4.79 Å². The first-order valence-corrected chi connectivity index (χ1v) is 7.30. The lowest BCUT2D eigenvalue weighted by atomic mass is 10.3. The van der Waals surface area contributed by atoms with E-state index in [1.54, 1.807) is 7.05 Å². The predicted molar refractivity (Wildman–Crippen MR) is 80.8 cm³/mol. The van der Waals surface area contributed by atoms with Gasteiger partial charge in [0.15, 0.2) is 5.13 Å². The van der Waals surface area contributed by atoms with E-state index in [1.165, 1.54) is 11.3 Å². The smallest absolute Gasteiger partial charge is 0.265 e. The molecule has 1 heterocycles. The normalized spacial score (nSPS) is 12.5. The van der Waals surface area contributed by atoms with E-state index in [4.69, 9.17) is 5.73 Å². The van der Waals surface area contributed by atoms with Crippen molar-refractivity contribution in [1.82, 2.24) is 15.2 Å². The number of anilines is 2. The van der Waals surface area contributed by atoms with Gasteiger partial charge in [-0.2, -0.15) is 0 Å². The Morgan fingerprint density at radius 1 is 1.47 bits per heavy atom. The molecule has 0 aliphatic rings. The van der Waals surface area contributed by atoms with Crippen LogP contribution in [0.1, 0.15) is 30.4 Å². The van der Waals surface area contributed by atoms with Crippen molar-refractivity contribution in [1.29, 1.82) is 0 Å². The van der Waals surface area contributed by atoms with Crippen molar-refractivity contribution >= 4 is 28.2 Å². The summed E-state index contributed by atoms with van der Waals surface area (Å²) in [7, 11) is 1.75. The van der Waals surface area contributed by atoms with Crippen LogP contribution in [0.3, 0.4) is 0 Å². The molecule has 0 aromatic carbocycles. The number of hydrogen-bond donors (Lipinski definition) is 3. The topological polar surface area (TPSA) is 83.3 Å². The number of thiazole rings is 1. The van der Waals surface area contributed by atoms with Gasteiger partial charge in [0.25, 0.3) is 5.91 Å². The first-order chi connectivity index (χ1) is 9.01. The second kappa shape index (κ2) is 7.30. The maximum atomic E-state index is 12.1. The number of rotatable bonds is 7. The van der Waals surface area contributed by atoms with Crippen molar-refractivity contribution in [3.8, 4) is 0 Å². The zero-order valence-electron chi connectivity index (χ0n) is 12.0. The molecule has 6 nitrogen and oxygen atoms in total. The molecule has 0 aliphatic heterocycles. The van der Waals surface area contributed by atoms with E-state index in [2.05, 4.69) is 34.4 Å². The van der Waals surface area contributed by atoms with E-state index in [1.807, 2.05) is 6.92 Å². The van der Waals surface area contributed by atoms with Gasteiger partial charge in [0, 0.05) is 19.6 Å². The standard InChI is InChI=1S/C12H23N5OS/c1-5-17(6-2)7-8(3)15-11(18)9-10(13)16-12(14-4)19-9/h8H,5-7,13H2,1-4H3,(H,14,16)(H,15,18). The van der Waals surface area contributed by atoms with Gasteiger partial charge < -0.3 is 21.3 Å². The second-order valence-electron chi connectivity index (χ2n) is 4.34. The van der Waals surface area contributed by atoms with Crippen LogP contribution in [0.4, 0.5) is 10.9 Å². The van der Waals surface area contributed by atoms with E-state index in [0.717, 1.165) is 19.6 Å². The van der Waals surface area contributed by atoms with Crippen LogP contribution < -0.4 is 16.4 Å². The summed E-state index contributed by atoms with van der Waals surface area (Å²) >= 11 is 1.27. The van der Waals surface area contributed by atoms with Crippen molar-refractivity contribution in [2.75, 3.05) is 37.7 Å². The number of nitrogens with two attached hydrogens (primary N) is 1. The van der Waals surface area contributed by atoms with Crippen molar-refractivity contribution < 1.29 is 4.79 Å². The first-order valence-electron chi connectivity index (χ1n) is 6.49. The molecule has 1 unspecified atom stereocenters. The Kier molecular flexibility index (Phi) is 6.04. The molecular formula is C12H23N5OS. The van der Waals surface area contributed by atoms with Crippen LogP contribution in [0, 0.1) is 0 Å². The Bertz CT molecular complexity index is 416. The van der Waals surface area contributed by atoms with Crippen molar-refractivity contribution in [3.05, 3.63) is 4.88 Å². The molecule has 0 saturated carbocycles. The third-order valence-electron chi connectivity index (χ3n) is 2.88. The number of amides is 1. The number of nitrogens with one attached hydrogen (secondary N) is 2. The summed E-state index contributed by atoms with van der Waals surface area (Å²) in [5.74, 6) is 0.123. The quantitative estimate of drug-likeness (QED) is 0.702. The summed E-state index contributed by atoms with van der Waals surface area (Å²) in [5.41, 5.74) is 5.74. The summed E-state index contributed by atoms with van der Waals surface area (Å²) in [6, 6.07) is 0.0759. The van der Waals surface area contributed by atoms with E-state index < -0.39 is 0 Å². The molecule has 0 radical (unpaired) electrons. The Morgan fingerprint density at radius 3 is 2.58 bits per heavy atom. The van der Waals surface area contributed by atoms with Crippen LogP contribution in [0.25, 0.3) is 0 Å². The van der Waals surface area contributed by atoms with Crippen LogP contribution in [-0.4, -0.2) is 48.5 Å². The number of likely N-dealkylation sites (N-methyl/N-ethyl adjacent to an activating group) is 1. The maximum Gasteiger partial charge on any atom is 0.265 e. The van der Waals surface area contributed by atoms with Gasteiger partial charge in [0.05, 0.1) is 0 Å². The molecule has 0 saturated heterocycles. The summed E-state index contributed by atoms with van der Waals surface area (Å²) in [6.07, 6.45) is 0. The number of nitrogens with zero attached hydrogens (tertiary/aromatic N) is 2. The van der Waals surface area contributed by atoms with Gasteiger partial charge in [0.2, 0.25) is 0 Å². The minimum absolute atomic E-state index is 0.0759. The molecule has 0 spiro atoms. The molecule has 1 atom stereocenters. The lowest BCUT2D eigenvalue weighted by Crippen LogP contribution is -2.41. The first kappa shape index (κ1) is 15.7. The average Bonchev–Trinajstić information content (AvgIpc) is 2.77. The average molecular weight is 285 g/mol. The number of aromatic nitrogens is 1. The van der Waals surface area contributed by atoms with Crippen LogP contribution in [-0.2, 0) is 0 Å². The molecule has 0 bridgehead atoms. The maximum absolute atomic E-state index is 12.1. The van der Waals surface area contributed by atoms with Crippen LogP contribution in [0.15, 0.2) is 0 Å². The molecule has 4 N–H and O–H groups in total. The molecular weight excluding hydrogens is 262 g/mol. The highest BCUT2D eigenvalue weighted by Crippen LogP contribution is 2.24. The van der Waals surface area contributed by atoms with Gasteiger partial charge >= 0.3 is 0 Å². The molecule has 0 aliphatic carbocycles. The third-order valence-corrected chi connectivity index (χ3v) is 3.96. The Morgan fingerprint density at radius 2 is 2.11 bits per heavy atom. The Labute approximate surface area is 118 Å². The molecule has 1 rings (SSSR count). The summed E-state index contributed by atoms with van der Waals surface area (Å²) in [5, 5.41) is 6.49. The fraction of sp³-hybridized carbons (Fsp3) is 0.667. The van der Waals surface area contributed by atoms with E-state index in [9.17, 15) is 4.79 Å². The zero-order chi connectivity index (χ0) is 14.4. The molecule has 1 amide bonds. The highest BCUT2D eigenvalue weighted by Gasteiger charge is 2.18. The summed E-state index contributed by atoms with van der Waals surface area (Å²) in [4.78, 5) is 18.9. The van der Waals surface area contributed by atoms with Crippen molar-refractivity contribution in [2.45, 2.75) is 26.8 Å². The van der Waals surface area contributed by atoms with Crippen LogP contribution in [0.2, 0.25) is 0 Å². The van der Waals surface area contributed by atoms with Gasteiger partial charge in [-0.15, -0.1) is 0 Å². The Balaban J connectivity index is 2.60. The van der Waals surface area contributed by atoms with E-state index in [-0.39, 0.29) is 17.8 Å². The molecule has 1 aromatic heterocycles. The number of carbonyl (C=O) groups excluding carboxylic acids is 1. The summed E-state index contributed by atoms with van der Waals surface area (Å²) in [6.45, 7) is 8.99. The third kappa shape index (κ3) is 4.36. The Hall–Kier alpha value is -1.34. The molecule has 0 fully saturated rings. The fourth-order valence-corrected chi connectivity index (χ4v) is 2.55. The number of nitrogen functional groups attached to an aromatic ring is 1.